The number of hydrogen-bond donors (Lipinski definition) is 3. The number of rotatable bonds is 3. The standard InChI is InChI=1S/C11H9FN4O3/c12-8-3-7(15-11(18)19)1-2-9(8)16-5-6(4-14-16)10(13)17/h1-5,15H,(H2,13,17)(H,18,19). The first-order valence-electron chi connectivity index (χ1n) is 5.11. The summed E-state index contributed by atoms with van der Waals surface area (Å²) in [6, 6.07) is 3.71. The Morgan fingerprint density at radius 3 is 2.68 bits per heavy atom. The van der Waals surface area contributed by atoms with E-state index in [1.807, 2.05) is 5.32 Å². The summed E-state index contributed by atoms with van der Waals surface area (Å²) >= 11 is 0. The summed E-state index contributed by atoms with van der Waals surface area (Å²) in [5.41, 5.74) is 5.37. The quantitative estimate of drug-likeness (QED) is 0.773. The van der Waals surface area contributed by atoms with E-state index in [1.165, 1.54) is 24.5 Å². The number of hydrogen-bond acceptors (Lipinski definition) is 3. The van der Waals surface area contributed by atoms with Crippen molar-refractivity contribution in [3.05, 3.63) is 42.0 Å². The molecule has 98 valence electrons. The molecule has 2 rings (SSSR count). The highest BCUT2D eigenvalue weighted by Crippen LogP contribution is 2.18. The number of benzene rings is 1. The molecule has 0 atom stereocenters. The molecule has 0 aliphatic rings. The largest absolute Gasteiger partial charge is 0.465 e. The predicted molar refractivity (Wildman–Crippen MR) is 63.7 cm³/mol. The van der Waals surface area contributed by atoms with Crippen LogP contribution in [0, 0.1) is 5.82 Å². The summed E-state index contributed by atoms with van der Waals surface area (Å²) in [5.74, 6) is -1.36. The number of halogens is 1. The average molecular weight is 264 g/mol. The number of aromatic nitrogens is 2. The van der Waals surface area contributed by atoms with Crippen molar-refractivity contribution in [3.8, 4) is 5.69 Å². The zero-order valence-corrected chi connectivity index (χ0v) is 9.50. The van der Waals surface area contributed by atoms with Crippen molar-refractivity contribution in [2.45, 2.75) is 0 Å². The number of carbonyl (C=O) groups is 2. The van der Waals surface area contributed by atoms with Crippen molar-refractivity contribution in [3.63, 3.8) is 0 Å². The summed E-state index contributed by atoms with van der Waals surface area (Å²) in [7, 11) is 0. The zero-order chi connectivity index (χ0) is 14.0. The predicted octanol–water partition coefficient (Wildman–Crippen LogP) is 1.20. The van der Waals surface area contributed by atoms with Gasteiger partial charge in [-0.2, -0.15) is 5.10 Å². The number of amides is 2. The fourth-order valence-electron chi connectivity index (χ4n) is 1.48. The zero-order valence-electron chi connectivity index (χ0n) is 9.50. The van der Waals surface area contributed by atoms with E-state index in [0.717, 1.165) is 10.7 Å². The number of carboxylic acid groups (broad SMARTS) is 1. The molecule has 7 nitrogen and oxygen atoms in total. The maximum atomic E-state index is 13.8. The van der Waals surface area contributed by atoms with Gasteiger partial charge in [0.1, 0.15) is 5.69 Å². The van der Waals surface area contributed by atoms with Gasteiger partial charge >= 0.3 is 6.09 Å². The Bertz CT molecular complexity index is 653. The van der Waals surface area contributed by atoms with E-state index in [1.54, 1.807) is 0 Å². The molecule has 0 spiro atoms. The van der Waals surface area contributed by atoms with Gasteiger partial charge in [0.2, 0.25) is 0 Å². The second kappa shape index (κ2) is 4.77. The number of primary amides is 1. The first-order valence-corrected chi connectivity index (χ1v) is 5.11. The molecule has 1 aromatic heterocycles. The van der Waals surface area contributed by atoms with Crippen molar-refractivity contribution in [2.24, 2.45) is 5.73 Å². The molecule has 4 N–H and O–H groups in total. The van der Waals surface area contributed by atoms with Crippen molar-refractivity contribution >= 4 is 17.7 Å². The summed E-state index contributed by atoms with van der Waals surface area (Å²) in [6.45, 7) is 0. The molecule has 2 amide bonds. The van der Waals surface area contributed by atoms with Gasteiger partial charge in [-0.05, 0) is 18.2 Å². The first kappa shape index (κ1) is 12.6. The van der Waals surface area contributed by atoms with Crippen LogP contribution in [0.1, 0.15) is 10.4 Å². The molecule has 0 radical (unpaired) electrons. The van der Waals surface area contributed by atoms with Crippen LogP contribution in [-0.2, 0) is 0 Å². The van der Waals surface area contributed by atoms with Gasteiger partial charge < -0.3 is 10.8 Å². The molecule has 0 fully saturated rings. The van der Waals surface area contributed by atoms with Gasteiger partial charge in [-0.25, -0.2) is 13.9 Å². The minimum atomic E-state index is -1.29. The monoisotopic (exact) mass is 264 g/mol. The topological polar surface area (TPSA) is 110 Å². The molecule has 0 aliphatic carbocycles. The highest BCUT2D eigenvalue weighted by Gasteiger charge is 2.10. The van der Waals surface area contributed by atoms with E-state index in [9.17, 15) is 14.0 Å². The minimum absolute atomic E-state index is 0.0726. The molecule has 0 bridgehead atoms. The Kier molecular flexibility index (Phi) is 3.15. The summed E-state index contributed by atoms with van der Waals surface area (Å²) < 4.78 is 14.9. The van der Waals surface area contributed by atoms with Gasteiger partial charge in [0, 0.05) is 11.9 Å². The number of anilines is 1. The molecule has 0 aliphatic heterocycles. The molecular weight excluding hydrogens is 255 g/mol. The lowest BCUT2D eigenvalue weighted by atomic mass is 10.2. The number of nitrogens with zero attached hydrogens (tertiary/aromatic N) is 2. The van der Waals surface area contributed by atoms with Gasteiger partial charge in [0.25, 0.3) is 5.91 Å². The Balaban J connectivity index is 2.34. The third-order valence-corrected chi connectivity index (χ3v) is 2.31. The van der Waals surface area contributed by atoms with Crippen molar-refractivity contribution in [1.82, 2.24) is 9.78 Å². The van der Waals surface area contributed by atoms with E-state index in [4.69, 9.17) is 10.8 Å². The van der Waals surface area contributed by atoms with E-state index < -0.39 is 17.8 Å². The fourth-order valence-corrected chi connectivity index (χ4v) is 1.48. The second-order valence-electron chi connectivity index (χ2n) is 3.63. The lowest BCUT2D eigenvalue weighted by molar-refractivity contribution is 0.1000. The Morgan fingerprint density at radius 1 is 1.42 bits per heavy atom. The first-order chi connectivity index (χ1) is 8.97. The molecule has 0 unspecified atom stereocenters. The van der Waals surface area contributed by atoms with Crippen molar-refractivity contribution in [1.29, 1.82) is 0 Å². The van der Waals surface area contributed by atoms with Crippen LogP contribution >= 0.6 is 0 Å². The molecule has 2 aromatic rings. The second-order valence-corrected chi connectivity index (χ2v) is 3.63. The third kappa shape index (κ3) is 2.68. The molecular formula is C11H9FN4O3. The maximum absolute atomic E-state index is 13.8. The van der Waals surface area contributed by atoms with E-state index in [0.29, 0.717) is 0 Å². The third-order valence-electron chi connectivity index (χ3n) is 2.31. The average Bonchev–Trinajstić information content (AvgIpc) is 2.77. The molecule has 0 saturated carbocycles. The van der Waals surface area contributed by atoms with Crippen LogP contribution in [0.15, 0.2) is 30.6 Å². The van der Waals surface area contributed by atoms with Gasteiger partial charge in [0.15, 0.2) is 5.82 Å². The van der Waals surface area contributed by atoms with Crippen LogP contribution in [0.3, 0.4) is 0 Å². The Hall–Kier alpha value is -2.90. The Labute approximate surface area is 106 Å². The van der Waals surface area contributed by atoms with Crippen LogP contribution < -0.4 is 11.1 Å². The van der Waals surface area contributed by atoms with Crippen LogP contribution in [0.5, 0.6) is 0 Å². The molecule has 8 heteroatoms. The lowest BCUT2D eigenvalue weighted by Crippen LogP contribution is -2.10. The van der Waals surface area contributed by atoms with Crippen LogP contribution in [0.2, 0.25) is 0 Å². The number of carbonyl (C=O) groups excluding carboxylic acids is 1. The van der Waals surface area contributed by atoms with Crippen molar-refractivity contribution in [2.75, 3.05) is 5.32 Å². The molecule has 0 saturated heterocycles. The van der Waals surface area contributed by atoms with E-state index in [-0.39, 0.29) is 16.9 Å². The molecule has 1 heterocycles. The number of nitrogens with two attached hydrogens (primary N) is 1. The van der Waals surface area contributed by atoms with Crippen LogP contribution in [0.25, 0.3) is 5.69 Å². The van der Waals surface area contributed by atoms with Gasteiger partial charge in [0.05, 0.1) is 11.8 Å². The van der Waals surface area contributed by atoms with Crippen LogP contribution in [0.4, 0.5) is 14.9 Å². The summed E-state index contributed by atoms with van der Waals surface area (Å²) in [6.07, 6.45) is 1.21. The van der Waals surface area contributed by atoms with E-state index in [2.05, 4.69) is 5.10 Å². The van der Waals surface area contributed by atoms with Crippen LogP contribution in [-0.4, -0.2) is 26.9 Å². The number of nitrogens with one attached hydrogen (secondary N) is 1. The highest BCUT2D eigenvalue weighted by molar-refractivity contribution is 5.92. The SMILES string of the molecule is NC(=O)c1cnn(-c2ccc(NC(=O)O)cc2F)c1. The molecule has 1 aromatic carbocycles. The highest BCUT2D eigenvalue weighted by atomic mass is 19.1. The summed E-state index contributed by atoms with van der Waals surface area (Å²) in [5, 5.41) is 14.3. The Morgan fingerprint density at radius 2 is 2.16 bits per heavy atom. The van der Waals surface area contributed by atoms with Gasteiger partial charge in [-0.15, -0.1) is 0 Å². The lowest BCUT2D eigenvalue weighted by Gasteiger charge is -2.05. The van der Waals surface area contributed by atoms with Gasteiger partial charge in [-0.3, -0.25) is 10.1 Å². The fraction of sp³-hybridized carbons (Fsp3) is 0. The van der Waals surface area contributed by atoms with E-state index >= 15 is 0 Å². The smallest absolute Gasteiger partial charge is 0.409 e. The van der Waals surface area contributed by atoms with Crippen molar-refractivity contribution < 1.29 is 19.1 Å². The minimum Gasteiger partial charge on any atom is -0.465 e. The normalized spacial score (nSPS) is 10.2. The maximum Gasteiger partial charge on any atom is 0.409 e. The van der Waals surface area contributed by atoms with Gasteiger partial charge in [-0.1, -0.05) is 0 Å². The molecule has 19 heavy (non-hydrogen) atoms. The summed E-state index contributed by atoms with van der Waals surface area (Å²) in [4.78, 5) is 21.3.